The van der Waals surface area contributed by atoms with Gasteiger partial charge in [0.15, 0.2) is 0 Å². The summed E-state index contributed by atoms with van der Waals surface area (Å²) in [7, 11) is -7.99. The molecule has 0 N–H and O–H groups in total. The van der Waals surface area contributed by atoms with Crippen LogP contribution >= 0.6 is 15.9 Å². The second-order valence-electron chi connectivity index (χ2n) is 6.43. The Labute approximate surface area is 154 Å². The average Bonchev–Trinajstić information content (AvgIpc) is 2.47. The Morgan fingerprint density at radius 2 is 1.60 bits per heavy atom. The molecule has 0 saturated heterocycles. The van der Waals surface area contributed by atoms with Gasteiger partial charge in [-0.3, -0.25) is 0 Å². The normalized spacial score (nSPS) is 12.9. The predicted molar refractivity (Wildman–Crippen MR) is 98.2 cm³/mol. The Morgan fingerprint density at radius 3 is 2.08 bits per heavy atom. The number of halogens is 4. The maximum absolute atomic E-state index is 12.8. The molecule has 9 heteroatoms. The van der Waals surface area contributed by atoms with Crippen LogP contribution in [0.1, 0.15) is 0 Å². The van der Waals surface area contributed by atoms with Crippen LogP contribution in [0.3, 0.4) is 0 Å². The molecule has 0 aromatic heterocycles. The van der Waals surface area contributed by atoms with Crippen LogP contribution < -0.4 is 9.37 Å². The Hall–Kier alpha value is -1.32. The van der Waals surface area contributed by atoms with Crippen molar-refractivity contribution in [1.29, 1.82) is 0 Å². The third kappa shape index (κ3) is 4.45. The number of benzene rings is 2. The molecule has 0 amide bonds. The van der Waals surface area contributed by atoms with E-state index in [1.165, 1.54) is 0 Å². The lowest BCUT2D eigenvalue weighted by molar-refractivity contribution is -0.0499. The van der Waals surface area contributed by atoms with Crippen molar-refractivity contribution in [3.8, 4) is 16.9 Å². The smallest absolute Gasteiger partial charge is 0.375 e. The van der Waals surface area contributed by atoms with E-state index in [0.29, 0.717) is 20.8 Å². The van der Waals surface area contributed by atoms with Crippen LogP contribution in [0.25, 0.3) is 11.1 Å². The number of hydrogen-bond acceptors (Lipinski definition) is 3. The highest BCUT2D eigenvalue weighted by Crippen LogP contribution is 2.36. The summed E-state index contributed by atoms with van der Waals surface area (Å²) < 4.78 is 67.1. The Balaban J connectivity index is 2.79. The van der Waals surface area contributed by atoms with Crippen molar-refractivity contribution in [3.05, 3.63) is 46.9 Å². The van der Waals surface area contributed by atoms with Crippen molar-refractivity contribution < 1.29 is 25.8 Å². The van der Waals surface area contributed by atoms with Gasteiger partial charge in [-0.1, -0.05) is 65.9 Å². The summed E-state index contributed by atoms with van der Waals surface area (Å²) in [5.74, 6) is -0.258. The molecule has 0 atom stereocenters. The van der Waals surface area contributed by atoms with Gasteiger partial charge >= 0.3 is 15.6 Å². The van der Waals surface area contributed by atoms with Crippen molar-refractivity contribution in [2.24, 2.45) is 0 Å². The summed E-state index contributed by atoms with van der Waals surface area (Å²) in [5, 5.41) is 0.480. The molecule has 25 heavy (non-hydrogen) atoms. The maximum atomic E-state index is 12.8. The van der Waals surface area contributed by atoms with E-state index in [4.69, 9.17) is 0 Å². The fourth-order valence-corrected chi connectivity index (χ4v) is 4.92. The van der Waals surface area contributed by atoms with Crippen molar-refractivity contribution in [2.45, 2.75) is 25.1 Å². The summed E-state index contributed by atoms with van der Waals surface area (Å²) in [6.45, 7) is 5.70. The summed E-state index contributed by atoms with van der Waals surface area (Å²) in [6, 6.07) is 11.7. The molecule has 0 bridgehead atoms. The molecule has 2 aromatic rings. The number of hydrogen-bond donors (Lipinski definition) is 0. The Kier molecular flexibility index (Phi) is 5.41. The van der Waals surface area contributed by atoms with Crippen LogP contribution in [0.15, 0.2) is 46.9 Å². The molecule has 2 rings (SSSR count). The van der Waals surface area contributed by atoms with Crippen LogP contribution in [0.2, 0.25) is 19.6 Å². The second-order valence-corrected chi connectivity index (χ2v) is 13.9. The van der Waals surface area contributed by atoms with Gasteiger partial charge in [0.1, 0.15) is 5.75 Å². The molecule has 0 aliphatic rings. The van der Waals surface area contributed by atoms with E-state index < -0.39 is 23.7 Å². The van der Waals surface area contributed by atoms with E-state index in [9.17, 15) is 21.6 Å². The molecule has 2 aromatic carbocycles. The first-order valence-corrected chi connectivity index (χ1v) is 12.9. The van der Waals surface area contributed by atoms with Gasteiger partial charge in [0.05, 0.1) is 8.07 Å². The molecule has 0 radical (unpaired) electrons. The Bertz CT molecular complexity index is 876. The van der Waals surface area contributed by atoms with Crippen molar-refractivity contribution in [1.82, 2.24) is 0 Å². The lowest BCUT2D eigenvalue weighted by atomic mass is 10.1. The Morgan fingerprint density at radius 1 is 1.04 bits per heavy atom. The molecule has 136 valence electrons. The van der Waals surface area contributed by atoms with E-state index in [-0.39, 0.29) is 5.75 Å². The summed E-state index contributed by atoms with van der Waals surface area (Å²) in [5.41, 5.74) is -4.64. The molecular formula is C16H16BrF3O3SSi. The van der Waals surface area contributed by atoms with E-state index in [0.717, 1.165) is 0 Å². The van der Waals surface area contributed by atoms with Gasteiger partial charge < -0.3 is 4.18 Å². The first kappa shape index (κ1) is 20.0. The zero-order valence-electron chi connectivity index (χ0n) is 13.7. The van der Waals surface area contributed by atoms with Crippen LogP contribution in [-0.2, 0) is 10.1 Å². The topological polar surface area (TPSA) is 43.4 Å². The molecular weight excluding hydrogens is 437 g/mol. The van der Waals surface area contributed by atoms with Gasteiger partial charge in [-0.05, 0) is 22.9 Å². The second kappa shape index (κ2) is 6.77. The molecule has 0 fully saturated rings. The van der Waals surface area contributed by atoms with E-state index in [2.05, 4.69) is 20.1 Å². The highest BCUT2D eigenvalue weighted by Gasteiger charge is 2.49. The van der Waals surface area contributed by atoms with E-state index >= 15 is 0 Å². The SMILES string of the molecule is C[Si](C)(C)c1cc(Br)cc(-c2ccccc2)c1OS(=O)(=O)C(F)(F)F. The lowest BCUT2D eigenvalue weighted by Gasteiger charge is -2.24. The molecule has 0 unspecified atom stereocenters. The van der Waals surface area contributed by atoms with E-state index in [1.807, 2.05) is 19.6 Å². The zero-order valence-corrected chi connectivity index (χ0v) is 17.1. The van der Waals surface area contributed by atoms with Gasteiger partial charge in [-0.2, -0.15) is 21.6 Å². The first-order valence-electron chi connectivity index (χ1n) is 7.23. The largest absolute Gasteiger partial charge is 0.534 e. The average molecular weight is 453 g/mol. The van der Waals surface area contributed by atoms with E-state index in [1.54, 1.807) is 42.5 Å². The lowest BCUT2D eigenvalue weighted by Crippen LogP contribution is -2.40. The monoisotopic (exact) mass is 452 g/mol. The molecule has 0 heterocycles. The van der Waals surface area contributed by atoms with Crippen LogP contribution in [0, 0.1) is 0 Å². The maximum Gasteiger partial charge on any atom is 0.534 e. The van der Waals surface area contributed by atoms with Gasteiger partial charge in [0, 0.05) is 10.0 Å². The number of alkyl halides is 3. The zero-order chi connectivity index (χ0) is 19.0. The molecule has 3 nitrogen and oxygen atoms in total. The first-order chi connectivity index (χ1) is 11.3. The van der Waals surface area contributed by atoms with Gasteiger partial charge in [-0.25, -0.2) is 0 Å². The minimum atomic E-state index is -5.77. The fraction of sp³-hybridized carbons (Fsp3) is 0.250. The summed E-state index contributed by atoms with van der Waals surface area (Å²) in [6.07, 6.45) is 0. The third-order valence-corrected chi connectivity index (χ3v) is 6.82. The third-order valence-electron chi connectivity index (χ3n) is 3.42. The molecule has 0 aliphatic heterocycles. The predicted octanol–water partition coefficient (Wildman–Crippen LogP) is 4.89. The molecule has 0 spiro atoms. The van der Waals surface area contributed by atoms with Crippen LogP contribution in [-0.4, -0.2) is 22.0 Å². The van der Waals surface area contributed by atoms with Crippen molar-refractivity contribution in [2.75, 3.05) is 0 Å². The standard InChI is InChI=1S/C16H16BrF3O3SSi/c1-25(2,3)14-10-12(17)9-13(11-7-5-4-6-8-11)15(14)23-24(21,22)16(18,19)20/h4-10H,1-3H3. The summed E-state index contributed by atoms with van der Waals surface area (Å²) in [4.78, 5) is 0. The quantitative estimate of drug-likeness (QED) is 0.376. The van der Waals surface area contributed by atoms with Crippen molar-refractivity contribution in [3.63, 3.8) is 0 Å². The number of rotatable bonds is 4. The van der Waals surface area contributed by atoms with Gasteiger partial charge in [0.2, 0.25) is 0 Å². The fourth-order valence-electron chi connectivity index (χ4n) is 2.23. The van der Waals surface area contributed by atoms with Crippen LogP contribution in [0.5, 0.6) is 5.75 Å². The highest BCUT2D eigenvalue weighted by molar-refractivity contribution is 9.10. The van der Waals surface area contributed by atoms with Crippen LogP contribution in [0.4, 0.5) is 13.2 Å². The van der Waals surface area contributed by atoms with Crippen molar-refractivity contribution >= 4 is 39.3 Å². The highest BCUT2D eigenvalue weighted by atomic mass is 79.9. The minimum absolute atomic E-state index is 0.258. The minimum Gasteiger partial charge on any atom is -0.375 e. The van der Waals surface area contributed by atoms with Gasteiger partial charge in [-0.15, -0.1) is 0 Å². The van der Waals surface area contributed by atoms with Gasteiger partial charge in [0.25, 0.3) is 0 Å². The molecule has 0 saturated carbocycles. The summed E-state index contributed by atoms with van der Waals surface area (Å²) >= 11 is 3.35. The molecule has 0 aliphatic carbocycles.